The van der Waals surface area contributed by atoms with Crippen LogP contribution in [-0.2, 0) is 4.79 Å². The number of nitrogens with zero attached hydrogens (tertiary/aromatic N) is 6. The molecular weight excluding hydrogens is 406 g/mol. The fraction of sp³-hybridized carbons (Fsp3) is 0.174. The monoisotopic (exact) mass is 427 g/mol. The number of likely N-dealkylation sites (tertiary alicyclic amines) is 1. The number of amides is 1. The lowest BCUT2D eigenvalue weighted by molar-refractivity contribution is -0.125. The lowest BCUT2D eigenvalue weighted by Gasteiger charge is -2.13. The summed E-state index contributed by atoms with van der Waals surface area (Å²) in [5.41, 5.74) is 8.76. The number of carbonyl (C=O) groups excluding carboxylic acids is 1. The predicted octanol–water partition coefficient (Wildman–Crippen LogP) is 3.06. The summed E-state index contributed by atoms with van der Waals surface area (Å²) in [6.07, 6.45) is 7.18. The molecule has 0 radical (unpaired) electrons. The molecule has 4 aromatic heterocycles. The van der Waals surface area contributed by atoms with E-state index in [0.29, 0.717) is 36.6 Å². The van der Waals surface area contributed by atoms with Crippen LogP contribution in [0.5, 0.6) is 11.8 Å². The van der Waals surface area contributed by atoms with E-state index < -0.39 is 0 Å². The summed E-state index contributed by atoms with van der Waals surface area (Å²) in [6.45, 7) is 4.85. The van der Waals surface area contributed by atoms with Crippen LogP contribution in [0, 0.1) is 0 Å². The maximum Gasteiger partial charge on any atom is 0.245 e. The Balaban J connectivity index is 1.49. The maximum atomic E-state index is 12.0. The average Bonchev–Trinajstić information content (AvgIpc) is 3.46. The highest BCUT2D eigenvalue weighted by Crippen LogP contribution is 2.34. The van der Waals surface area contributed by atoms with E-state index in [1.54, 1.807) is 35.6 Å². The molecule has 4 aromatic rings. The second-order valence-corrected chi connectivity index (χ2v) is 7.47. The molecule has 5 heterocycles. The van der Waals surface area contributed by atoms with E-state index in [1.807, 2.05) is 28.7 Å². The van der Waals surface area contributed by atoms with Crippen molar-refractivity contribution in [3.63, 3.8) is 0 Å². The molecule has 1 amide bonds. The molecule has 2 N–H and O–H groups in total. The van der Waals surface area contributed by atoms with Gasteiger partial charge in [0, 0.05) is 55.3 Å². The molecular formula is C23H21N7O2. The number of hydrogen-bond acceptors (Lipinski definition) is 7. The minimum atomic E-state index is -0.0647. The van der Waals surface area contributed by atoms with E-state index in [-0.39, 0.29) is 11.8 Å². The van der Waals surface area contributed by atoms with Gasteiger partial charge in [0.15, 0.2) is 0 Å². The first-order valence-corrected chi connectivity index (χ1v) is 10.2. The molecule has 5 rings (SSSR count). The van der Waals surface area contributed by atoms with Crippen LogP contribution >= 0.6 is 0 Å². The van der Waals surface area contributed by atoms with Gasteiger partial charge in [-0.3, -0.25) is 9.20 Å². The summed E-state index contributed by atoms with van der Waals surface area (Å²) in [4.78, 5) is 31.5. The standard InChI is InChI=1S/C23H21N7O2/c1-2-20(31)29-12-9-16(14-29)21-17-8-11-26-23(24)30(17)22(28-21)15-6-7-19(27-13-15)32-18-5-3-4-10-25-18/h2-8,10-11,13,16H,1,9,12,14H2,(H2,24,26). The maximum absolute atomic E-state index is 12.0. The molecule has 0 saturated carbocycles. The Morgan fingerprint density at radius 3 is 2.75 bits per heavy atom. The Bertz CT molecular complexity index is 1290. The van der Waals surface area contributed by atoms with Crippen LogP contribution in [0.15, 0.2) is 67.6 Å². The van der Waals surface area contributed by atoms with Gasteiger partial charge in [0.2, 0.25) is 23.6 Å². The van der Waals surface area contributed by atoms with E-state index in [2.05, 4.69) is 21.5 Å². The normalized spacial score (nSPS) is 15.8. The highest BCUT2D eigenvalue weighted by Gasteiger charge is 2.30. The molecule has 0 spiro atoms. The Morgan fingerprint density at radius 2 is 2.00 bits per heavy atom. The van der Waals surface area contributed by atoms with Crippen molar-refractivity contribution >= 4 is 17.4 Å². The number of nitrogens with two attached hydrogens (primary N) is 1. The second kappa shape index (κ2) is 8.10. The van der Waals surface area contributed by atoms with Crippen LogP contribution in [0.4, 0.5) is 5.95 Å². The summed E-state index contributed by atoms with van der Waals surface area (Å²) in [5.74, 6) is 1.91. The smallest absolute Gasteiger partial charge is 0.245 e. The van der Waals surface area contributed by atoms with Crippen molar-refractivity contribution in [2.75, 3.05) is 18.8 Å². The number of fused-ring (bicyclic) bond motifs is 1. The van der Waals surface area contributed by atoms with Crippen LogP contribution in [0.3, 0.4) is 0 Å². The molecule has 1 fully saturated rings. The first-order chi connectivity index (χ1) is 15.6. The molecule has 0 aliphatic carbocycles. The van der Waals surface area contributed by atoms with E-state index in [0.717, 1.165) is 23.2 Å². The summed E-state index contributed by atoms with van der Waals surface area (Å²) in [5, 5.41) is 0. The van der Waals surface area contributed by atoms with Crippen LogP contribution in [-0.4, -0.2) is 48.2 Å². The predicted molar refractivity (Wildman–Crippen MR) is 119 cm³/mol. The Kier molecular flexibility index (Phi) is 4.98. The Labute approximate surface area is 184 Å². The molecule has 1 atom stereocenters. The van der Waals surface area contributed by atoms with E-state index in [9.17, 15) is 4.79 Å². The van der Waals surface area contributed by atoms with Gasteiger partial charge in [0.05, 0.1) is 11.2 Å². The Morgan fingerprint density at radius 1 is 1.12 bits per heavy atom. The van der Waals surface area contributed by atoms with Crippen LogP contribution < -0.4 is 10.5 Å². The van der Waals surface area contributed by atoms with Crippen molar-refractivity contribution in [2.45, 2.75) is 12.3 Å². The van der Waals surface area contributed by atoms with Gasteiger partial charge in [-0.25, -0.2) is 19.9 Å². The fourth-order valence-corrected chi connectivity index (χ4v) is 3.98. The van der Waals surface area contributed by atoms with Crippen LogP contribution in [0.1, 0.15) is 18.0 Å². The van der Waals surface area contributed by atoms with Gasteiger partial charge in [0.1, 0.15) is 5.82 Å². The third-order valence-corrected chi connectivity index (χ3v) is 5.51. The van der Waals surface area contributed by atoms with Crippen molar-refractivity contribution in [1.82, 2.24) is 29.2 Å². The quantitative estimate of drug-likeness (QED) is 0.487. The van der Waals surface area contributed by atoms with E-state index >= 15 is 0 Å². The van der Waals surface area contributed by atoms with Crippen LogP contribution in [0.25, 0.3) is 16.9 Å². The highest BCUT2D eigenvalue weighted by molar-refractivity contribution is 5.87. The van der Waals surface area contributed by atoms with Crippen molar-refractivity contribution in [1.29, 1.82) is 0 Å². The number of anilines is 1. The first kappa shape index (κ1) is 19.7. The van der Waals surface area contributed by atoms with Crippen molar-refractivity contribution in [3.8, 4) is 23.1 Å². The third-order valence-electron chi connectivity index (χ3n) is 5.51. The zero-order valence-corrected chi connectivity index (χ0v) is 17.3. The summed E-state index contributed by atoms with van der Waals surface area (Å²) in [7, 11) is 0. The number of hydrogen-bond donors (Lipinski definition) is 1. The summed E-state index contributed by atoms with van der Waals surface area (Å²) < 4.78 is 7.50. The fourth-order valence-electron chi connectivity index (χ4n) is 3.98. The third kappa shape index (κ3) is 3.53. The first-order valence-electron chi connectivity index (χ1n) is 10.2. The number of carbonyl (C=O) groups is 1. The van der Waals surface area contributed by atoms with Gasteiger partial charge < -0.3 is 15.4 Å². The van der Waals surface area contributed by atoms with E-state index in [4.69, 9.17) is 15.5 Å². The molecule has 160 valence electrons. The van der Waals surface area contributed by atoms with Crippen molar-refractivity contribution in [2.24, 2.45) is 0 Å². The molecule has 1 unspecified atom stereocenters. The molecule has 0 aromatic carbocycles. The molecule has 0 bridgehead atoms. The minimum absolute atomic E-state index is 0.0647. The second-order valence-electron chi connectivity index (χ2n) is 7.47. The van der Waals surface area contributed by atoms with Crippen LogP contribution in [0.2, 0.25) is 0 Å². The SMILES string of the molecule is C=CC(=O)N1CCC(c2nc(-c3ccc(Oc4ccccn4)nc3)n3c(N)nccc23)C1. The summed E-state index contributed by atoms with van der Waals surface area (Å²) in [6, 6.07) is 11.0. The number of ether oxygens (including phenoxy) is 1. The number of nitrogen functional groups attached to an aromatic ring is 1. The lowest BCUT2D eigenvalue weighted by atomic mass is 10.0. The molecule has 9 heteroatoms. The number of aromatic nitrogens is 5. The van der Waals surface area contributed by atoms with Crippen molar-refractivity contribution in [3.05, 3.63) is 73.3 Å². The number of pyridine rings is 2. The van der Waals surface area contributed by atoms with Gasteiger partial charge in [-0.15, -0.1) is 0 Å². The molecule has 1 aliphatic heterocycles. The Hall–Kier alpha value is -4.27. The number of rotatable bonds is 5. The van der Waals surface area contributed by atoms with Gasteiger partial charge in [-0.1, -0.05) is 12.6 Å². The molecule has 1 aliphatic rings. The highest BCUT2D eigenvalue weighted by atomic mass is 16.5. The topological polar surface area (TPSA) is 112 Å². The molecule has 9 nitrogen and oxygen atoms in total. The number of imidazole rings is 1. The largest absolute Gasteiger partial charge is 0.421 e. The van der Waals surface area contributed by atoms with Crippen molar-refractivity contribution < 1.29 is 9.53 Å². The molecule has 1 saturated heterocycles. The minimum Gasteiger partial charge on any atom is -0.421 e. The zero-order chi connectivity index (χ0) is 22.1. The van der Waals surface area contributed by atoms with Gasteiger partial charge >= 0.3 is 0 Å². The van der Waals surface area contributed by atoms with Gasteiger partial charge in [-0.2, -0.15) is 0 Å². The zero-order valence-electron chi connectivity index (χ0n) is 17.3. The van der Waals surface area contributed by atoms with E-state index in [1.165, 1.54) is 6.08 Å². The molecule has 32 heavy (non-hydrogen) atoms. The van der Waals surface area contributed by atoms with Gasteiger partial charge in [0.25, 0.3) is 0 Å². The average molecular weight is 427 g/mol. The lowest BCUT2D eigenvalue weighted by Crippen LogP contribution is -2.26. The summed E-state index contributed by atoms with van der Waals surface area (Å²) >= 11 is 0. The van der Waals surface area contributed by atoms with Gasteiger partial charge in [-0.05, 0) is 30.7 Å².